The van der Waals surface area contributed by atoms with Gasteiger partial charge in [-0.25, -0.2) is 15.0 Å². The maximum absolute atomic E-state index is 14.1. The molecular formula is C33H36F3N7O3. The smallest absolute Gasteiger partial charge is 0.449 e. The fourth-order valence-electron chi connectivity index (χ4n) is 6.03. The number of piperidine rings is 1. The number of ether oxygens (including phenoxy) is 2. The summed E-state index contributed by atoms with van der Waals surface area (Å²) < 4.78 is 54.2. The minimum atomic E-state index is -4.76. The Bertz CT molecular complexity index is 1870. The third-order valence-electron chi connectivity index (χ3n) is 8.32. The molecule has 0 bridgehead atoms. The van der Waals surface area contributed by atoms with Gasteiger partial charge in [0.2, 0.25) is 17.6 Å². The molecule has 0 spiro atoms. The van der Waals surface area contributed by atoms with Crippen molar-refractivity contribution in [2.75, 3.05) is 27.3 Å². The predicted molar refractivity (Wildman–Crippen MR) is 167 cm³/mol. The minimum absolute atomic E-state index is 0.0888. The van der Waals surface area contributed by atoms with E-state index in [9.17, 15) is 18.0 Å². The standard InChI is InChI=1S/C33H36F3N7O3/c1-19(2)16-37-21-11-12-42(29(44)18-43-27-15-22(45-3)9-10-25(27)41-32(43)33(34,35)36)28(14-21)30-38-17-26(39-30)23-13-20-7-5-6-8-24(20)40-31(23)46-4/h5-10,13,15,17,19,21,28,37H,11-12,14,16,18H2,1-4H3,(H,38,39)/t21-,28-/m0/s1. The number of rotatable bonds is 9. The van der Waals surface area contributed by atoms with Crippen molar-refractivity contribution in [1.82, 2.24) is 34.7 Å². The molecule has 1 aliphatic heterocycles. The second-order valence-electron chi connectivity index (χ2n) is 11.9. The molecule has 13 heteroatoms. The Kier molecular flexibility index (Phi) is 8.60. The fourth-order valence-corrected chi connectivity index (χ4v) is 6.03. The van der Waals surface area contributed by atoms with E-state index < -0.39 is 30.5 Å². The summed E-state index contributed by atoms with van der Waals surface area (Å²) in [6.45, 7) is 4.83. The number of para-hydroxylation sites is 1. The Morgan fingerprint density at radius 1 is 1.09 bits per heavy atom. The number of aromatic amines is 1. The van der Waals surface area contributed by atoms with E-state index in [4.69, 9.17) is 9.47 Å². The van der Waals surface area contributed by atoms with Crippen LogP contribution in [0, 0.1) is 5.92 Å². The summed E-state index contributed by atoms with van der Waals surface area (Å²) in [5.74, 6) is 0.139. The molecule has 1 amide bonds. The van der Waals surface area contributed by atoms with Gasteiger partial charge in [0.1, 0.15) is 18.1 Å². The number of H-pyrrole nitrogens is 1. The molecule has 1 aliphatic rings. The highest BCUT2D eigenvalue weighted by atomic mass is 19.4. The molecule has 0 saturated carbocycles. The fraction of sp³-hybridized carbons (Fsp3) is 0.394. The second kappa shape index (κ2) is 12.6. The summed E-state index contributed by atoms with van der Waals surface area (Å²) in [6.07, 6.45) is -1.91. The highest BCUT2D eigenvalue weighted by molar-refractivity contribution is 5.85. The number of hydrogen-bond donors (Lipinski definition) is 2. The number of methoxy groups -OCH3 is 2. The maximum Gasteiger partial charge on any atom is 0.449 e. The Hall–Kier alpha value is -4.65. The van der Waals surface area contributed by atoms with Crippen molar-refractivity contribution in [2.45, 2.75) is 51.5 Å². The van der Waals surface area contributed by atoms with E-state index in [2.05, 4.69) is 39.1 Å². The van der Waals surface area contributed by atoms with Crippen LogP contribution in [0.2, 0.25) is 0 Å². The molecule has 2 aromatic carbocycles. The molecule has 10 nitrogen and oxygen atoms in total. The Morgan fingerprint density at radius 2 is 1.89 bits per heavy atom. The summed E-state index contributed by atoms with van der Waals surface area (Å²) in [5, 5.41) is 4.50. The van der Waals surface area contributed by atoms with Gasteiger partial charge in [-0.05, 0) is 49.6 Å². The van der Waals surface area contributed by atoms with Crippen LogP contribution in [0.5, 0.6) is 11.6 Å². The zero-order valence-corrected chi connectivity index (χ0v) is 26.1. The number of nitrogens with zero attached hydrogens (tertiary/aromatic N) is 5. The van der Waals surface area contributed by atoms with Gasteiger partial charge in [0, 0.05) is 24.0 Å². The van der Waals surface area contributed by atoms with E-state index >= 15 is 0 Å². The van der Waals surface area contributed by atoms with E-state index in [1.165, 1.54) is 19.2 Å². The lowest BCUT2D eigenvalue weighted by atomic mass is 9.95. The average molecular weight is 636 g/mol. The van der Waals surface area contributed by atoms with Crippen LogP contribution in [0.4, 0.5) is 13.2 Å². The number of pyridine rings is 1. The molecule has 0 unspecified atom stereocenters. The van der Waals surface area contributed by atoms with E-state index in [0.29, 0.717) is 54.0 Å². The summed E-state index contributed by atoms with van der Waals surface area (Å²) in [5.41, 5.74) is 2.44. The third kappa shape index (κ3) is 6.23. The molecule has 0 aliphatic carbocycles. The minimum Gasteiger partial charge on any atom is -0.497 e. The number of hydrogen-bond acceptors (Lipinski definition) is 7. The first-order valence-corrected chi connectivity index (χ1v) is 15.2. The SMILES string of the molecule is COc1ccc2nc(C(F)(F)F)n(CC(=O)N3CC[C@H](NCC(C)C)C[C@H]3c3ncc(-c4cc5ccccc5nc4OC)[nH]3)c2c1. The zero-order valence-electron chi connectivity index (χ0n) is 26.1. The van der Waals surface area contributed by atoms with E-state index in [1.807, 2.05) is 30.3 Å². The van der Waals surface area contributed by atoms with Crippen LogP contribution in [0.15, 0.2) is 54.7 Å². The van der Waals surface area contributed by atoms with Crippen LogP contribution < -0.4 is 14.8 Å². The van der Waals surface area contributed by atoms with Crippen molar-refractivity contribution < 1.29 is 27.4 Å². The predicted octanol–water partition coefficient (Wildman–Crippen LogP) is 5.99. The summed E-state index contributed by atoms with van der Waals surface area (Å²) in [7, 11) is 2.98. The van der Waals surface area contributed by atoms with E-state index in [-0.39, 0.29) is 17.1 Å². The summed E-state index contributed by atoms with van der Waals surface area (Å²) in [4.78, 5) is 32.2. The van der Waals surface area contributed by atoms with Gasteiger partial charge in [-0.2, -0.15) is 13.2 Å². The first-order valence-electron chi connectivity index (χ1n) is 15.2. The van der Waals surface area contributed by atoms with Crippen molar-refractivity contribution in [1.29, 1.82) is 0 Å². The number of fused-ring (bicyclic) bond motifs is 2. The molecule has 4 heterocycles. The van der Waals surface area contributed by atoms with Gasteiger partial charge in [0.25, 0.3) is 0 Å². The highest BCUT2D eigenvalue weighted by Gasteiger charge is 2.40. The van der Waals surface area contributed by atoms with Gasteiger partial charge in [-0.1, -0.05) is 32.0 Å². The van der Waals surface area contributed by atoms with Gasteiger partial charge in [-0.3, -0.25) is 4.79 Å². The largest absolute Gasteiger partial charge is 0.497 e. The lowest BCUT2D eigenvalue weighted by molar-refractivity contribution is -0.148. The number of imidazole rings is 2. The van der Waals surface area contributed by atoms with Crippen LogP contribution in [0.25, 0.3) is 33.2 Å². The molecule has 2 atom stereocenters. The number of likely N-dealkylation sites (tertiary alicyclic amines) is 1. The lowest BCUT2D eigenvalue weighted by Gasteiger charge is -2.39. The Labute approximate surface area is 263 Å². The molecule has 0 radical (unpaired) electrons. The number of carbonyl (C=O) groups is 1. The topological polar surface area (TPSA) is 110 Å². The maximum atomic E-state index is 14.1. The average Bonchev–Trinajstić information content (AvgIpc) is 3.68. The molecular weight excluding hydrogens is 599 g/mol. The highest BCUT2D eigenvalue weighted by Crippen LogP contribution is 2.36. The number of carbonyl (C=O) groups excluding carboxylic acids is 1. The first kappa shape index (κ1) is 31.3. The molecule has 3 aromatic heterocycles. The molecule has 1 fully saturated rings. The summed E-state index contributed by atoms with van der Waals surface area (Å²) in [6, 6.07) is 13.7. The zero-order chi connectivity index (χ0) is 32.6. The van der Waals surface area contributed by atoms with Gasteiger partial charge < -0.3 is 29.2 Å². The lowest BCUT2D eigenvalue weighted by Crippen LogP contribution is -2.48. The van der Waals surface area contributed by atoms with Crippen molar-refractivity contribution in [3.8, 4) is 22.9 Å². The molecule has 5 aromatic rings. The van der Waals surface area contributed by atoms with Crippen molar-refractivity contribution in [3.63, 3.8) is 0 Å². The normalized spacial score (nSPS) is 17.3. The van der Waals surface area contributed by atoms with E-state index in [1.54, 1.807) is 24.3 Å². The number of aromatic nitrogens is 5. The quantitative estimate of drug-likeness (QED) is 0.205. The van der Waals surface area contributed by atoms with Crippen LogP contribution in [-0.4, -0.2) is 68.7 Å². The van der Waals surface area contributed by atoms with Crippen molar-refractivity contribution in [3.05, 3.63) is 66.4 Å². The van der Waals surface area contributed by atoms with Crippen molar-refractivity contribution in [2.24, 2.45) is 5.92 Å². The number of amides is 1. The molecule has 6 rings (SSSR count). The number of alkyl halides is 3. The number of benzene rings is 2. The van der Waals surface area contributed by atoms with Crippen LogP contribution in [0.1, 0.15) is 44.4 Å². The van der Waals surface area contributed by atoms with Crippen LogP contribution in [-0.2, 0) is 17.5 Å². The molecule has 1 saturated heterocycles. The van der Waals surface area contributed by atoms with Gasteiger partial charge >= 0.3 is 6.18 Å². The van der Waals surface area contributed by atoms with Crippen LogP contribution >= 0.6 is 0 Å². The van der Waals surface area contributed by atoms with Crippen molar-refractivity contribution >= 4 is 27.8 Å². The molecule has 46 heavy (non-hydrogen) atoms. The van der Waals surface area contributed by atoms with Gasteiger partial charge in [0.15, 0.2) is 0 Å². The molecule has 2 N–H and O–H groups in total. The Balaban J connectivity index is 1.35. The first-order chi connectivity index (χ1) is 22.0. The van der Waals surface area contributed by atoms with Crippen LogP contribution in [0.3, 0.4) is 0 Å². The van der Waals surface area contributed by atoms with Gasteiger partial charge in [-0.15, -0.1) is 0 Å². The third-order valence-corrected chi connectivity index (χ3v) is 8.32. The number of nitrogens with one attached hydrogen (secondary N) is 2. The monoisotopic (exact) mass is 635 g/mol. The van der Waals surface area contributed by atoms with Gasteiger partial charge in [0.05, 0.1) is 54.3 Å². The number of halogens is 3. The van der Waals surface area contributed by atoms with E-state index in [0.717, 1.165) is 22.0 Å². The second-order valence-corrected chi connectivity index (χ2v) is 11.9. The Morgan fingerprint density at radius 3 is 2.63 bits per heavy atom. The molecule has 242 valence electrons. The summed E-state index contributed by atoms with van der Waals surface area (Å²) >= 11 is 0.